The molecule has 1 fully saturated rings. The van der Waals surface area contributed by atoms with Crippen LogP contribution < -0.4 is 27.8 Å². The smallest absolute Gasteiger partial charge is 0.326 e. The number of amides is 3. The van der Waals surface area contributed by atoms with Crippen molar-refractivity contribution in [3.63, 3.8) is 0 Å². The number of hydrogen-bond donors (Lipinski definition) is 6. The molecular weight excluding hydrogens is 406 g/mol. The number of carboxylic acids is 1. The maximum absolute atomic E-state index is 12.9. The highest BCUT2D eigenvalue weighted by molar-refractivity contribution is 5.94. The average Bonchev–Trinajstić information content (AvgIpc) is 3.16. The van der Waals surface area contributed by atoms with Crippen LogP contribution in [0.25, 0.3) is 0 Å². The third-order valence-corrected chi connectivity index (χ3v) is 5.04. The number of carbonyl (C=O) groups excluding carboxylic acids is 3. The second kappa shape index (κ2) is 12.1. The van der Waals surface area contributed by atoms with E-state index in [4.69, 9.17) is 17.2 Å². The zero-order valence-corrected chi connectivity index (χ0v) is 18.3. The summed E-state index contributed by atoms with van der Waals surface area (Å²) in [6, 6.07) is -3.58. The van der Waals surface area contributed by atoms with E-state index in [0.29, 0.717) is 25.8 Å². The van der Waals surface area contributed by atoms with Gasteiger partial charge < -0.3 is 37.8 Å². The number of aliphatic imine (C=N–C) groups is 1. The minimum Gasteiger partial charge on any atom is -0.480 e. The maximum Gasteiger partial charge on any atom is 0.326 e. The molecule has 176 valence electrons. The quantitative estimate of drug-likeness (QED) is 0.121. The van der Waals surface area contributed by atoms with Crippen LogP contribution in [0.15, 0.2) is 4.99 Å². The number of carbonyl (C=O) groups is 4. The highest BCUT2D eigenvalue weighted by Crippen LogP contribution is 2.19. The van der Waals surface area contributed by atoms with Crippen LogP contribution >= 0.6 is 0 Å². The number of carboxylic acid groups (broad SMARTS) is 1. The summed E-state index contributed by atoms with van der Waals surface area (Å²) in [6.45, 7) is 5.54. The van der Waals surface area contributed by atoms with Gasteiger partial charge >= 0.3 is 5.97 Å². The first-order chi connectivity index (χ1) is 14.5. The summed E-state index contributed by atoms with van der Waals surface area (Å²) >= 11 is 0. The third kappa shape index (κ3) is 8.04. The fourth-order valence-electron chi connectivity index (χ4n) is 3.37. The summed E-state index contributed by atoms with van der Waals surface area (Å²) in [5.74, 6) is -3.05. The Morgan fingerprint density at radius 2 is 1.81 bits per heavy atom. The largest absolute Gasteiger partial charge is 0.480 e. The number of likely N-dealkylation sites (tertiary alicyclic amines) is 1. The van der Waals surface area contributed by atoms with E-state index in [9.17, 15) is 24.3 Å². The Labute approximate surface area is 182 Å². The van der Waals surface area contributed by atoms with Crippen molar-refractivity contribution in [1.82, 2.24) is 15.5 Å². The lowest BCUT2D eigenvalue weighted by Gasteiger charge is -2.28. The van der Waals surface area contributed by atoms with Gasteiger partial charge in [0.2, 0.25) is 17.7 Å². The second-order valence-corrected chi connectivity index (χ2v) is 8.06. The molecule has 1 saturated heterocycles. The molecular formula is C19H35N7O5. The first-order valence-electron chi connectivity index (χ1n) is 10.4. The predicted octanol–water partition coefficient (Wildman–Crippen LogP) is -1.91. The van der Waals surface area contributed by atoms with E-state index in [1.807, 2.05) is 0 Å². The summed E-state index contributed by atoms with van der Waals surface area (Å²) < 4.78 is 0. The van der Waals surface area contributed by atoms with Gasteiger partial charge in [-0.1, -0.05) is 13.8 Å². The topological polar surface area (TPSA) is 206 Å². The van der Waals surface area contributed by atoms with Crippen LogP contribution in [0.5, 0.6) is 0 Å². The molecule has 12 heteroatoms. The van der Waals surface area contributed by atoms with Gasteiger partial charge in [0.1, 0.15) is 18.1 Å². The monoisotopic (exact) mass is 441 g/mol. The van der Waals surface area contributed by atoms with Gasteiger partial charge in [0, 0.05) is 13.1 Å². The van der Waals surface area contributed by atoms with E-state index in [1.165, 1.54) is 4.90 Å². The van der Waals surface area contributed by atoms with Crippen LogP contribution in [0, 0.1) is 5.92 Å². The Bertz CT molecular complexity index is 691. The molecule has 1 aliphatic rings. The van der Waals surface area contributed by atoms with E-state index < -0.39 is 42.0 Å². The number of aliphatic carboxylic acids is 1. The van der Waals surface area contributed by atoms with Crippen molar-refractivity contribution >= 4 is 29.7 Å². The van der Waals surface area contributed by atoms with Gasteiger partial charge in [0.05, 0.1) is 6.04 Å². The summed E-state index contributed by atoms with van der Waals surface area (Å²) in [5.41, 5.74) is 16.3. The summed E-state index contributed by atoms with van der Waals surface area (Å²) in [7, 11) is 0. The third-order valence-electron chi connectivity index (χ3n) is 5.04. The summed E-state index contributed by atoms with van der Waals surface area (Å²) in [5, 5.41) is 14.5. The fraction of sp³-hybridized carbons (Fsp3) is 0.737. The normalized spacial score (nSPS) is 18.7. The van der Waals surface area contributed by atoms with Gasteiger partial charge in [-0.2, -0.15) is 0 Å². The molecule has 3 amide bonds. The summed E-state index contributed by atoms with van der Waals surface area (Å²) in [6.07, 6.45) is 1.66. The highest BCUT2D eigenvalue weighted by Gasteiger charge is 2.37. The van der Waals surface area contributed by atoms with Crippen molar-refractivity contribution in [2.45, 2.75) is 70.6 Å². The number of nitrogens with one attached hydrogen (secondary N) is 2. The molecule has 12 nitrogen and oxygen atoms in total. The molecule has 31 heavy (non-hydrogen) atoms. The number of hydrogen-bond acceptors (Lipinski definition) is 6. The molecule has 0 bridgehead atoms. The molecule has 0 aromatic rings. The Hall–Kier alpha value is -2.89. The van der Waals surface area contributed by atoms with Crippen LogP contribution in [-0.4, -0.2) is 76.9 Å². The van der Waals surface area contributed by atoms with Gasteiger partial charge in [0.25, 0.3) is 0 Å². The molecule has 9 N–H and O–H groups in total. The predicted molar refractivity (Wildman–Crippen MR) is 115 cm³/mol. The summed E-state index contributed by atoms with van der Waals surface area (Å²) in [4.78, 5) is 54.7. The fourth-order valence-corrected chi connectivity index (χ4v) is 3.37. The standard InChI is InChI=1S/C19H35N7O5/c1-10(2)14(18(30)31)25-15(27)12(6-4-8-23-19(21)22)24-16(28)13-7-5-9-26(13)17(29)11(3)20/h10-14H,4-9,20H2,1-3H3,(H,24,28)(H,25,27)(H,30,31)(H4,21,22,23)/t11-,12+,13+,14+/m1/s1. The van der Waals surface area contributed by atoms with Crippen molar-refractivity contribution in [2.75, 3.05) is 13.1 Å². The first-order valence-corrected chi connectivity index (χ1v) is 10.4. The van der Waals surface area contributed by atoms with Crippen LogP contribution in [0.1, 0.15) is 46.5 Å². The minimum absolute atomic E-state index is 0.0909. The van der Waals surface area contributed by atoms with Gasteiger partial charge in [-0.15, -0.1) is 0 Å². The first kappa shape index (κ1) is 26.1. The van der Waals surface area contributed by atoms with Crippen molar-refractivity contribution in [1.29, 1.82) is 0 Å². The van der Waals surface area contributed by atoms with E-state index >= 15 is 0 Å². The lowest BCUT2D eigenvalue weighted by Crippen LogP contribution is -2.57. The van der Waals surface area contributed by atoms with Crippen LogP contribution in [0.4, 0.5) is 0 Å². The maximum atomic E-state index is 12.9. The van der Waals surface area contributed by atoms with Crippen molar-refractivity contribution in [2.24, 2.45) is 28.1 Å². The van der Waals surface area contributed by atoms with Gasteiger partial charge in [0.15, 0.2) is 5.96 Å². The molecule has 0 aromatic heterocycles. The van der Waals surface area contributed by atoms with Crippen molar-refractivity contribution in [3.05, 3.63) is 0 Å². The molecule has 1 heterocycles. The van der Waals surface area contributed by atoms with Crippen LogP contribution in [0.2, 0.25) is 0 Å². The van der Waals surface area contributed by atoms with Gasteiger partial charge in [-0.05, 0) is 38.5 Å². The number of guanidine groups is 1. The van der Waals surface area contributed by atoms with Gasteiger partial charge in [-0.3, -0.25) is 19.4 Å². The van der Waals surface area contributed by atoms with Crippen molar-refractivity contribution < 1.29 is 24.3 Å². The van der Waals surface area contributed by atoms with Crippen molar-refractivity contribution in [3.8, 4) is 0 Å². The SMILES string of the molecule is CC(C)[C@H](NC(=O)[C@H](CCCN=C(N)N)NC(=O)[C@@H]1CCCN1C(=O)[C@@H](C)N)C(=O)O. The van der Waals surface area contributed by atoms with Crippen LogP contribution in [-0.2, 0) is 19.2 Å². The zero-order chi connectivity index (χ0) is 23.7. The van der Waals surface area contributed by atoms with E-state index in [1.54, 1.807) is 20.8 Å². The Kier molecular flexibility index (Phi) is 10.2. The van der Waals surface area contributed by atoms with E-state index in [2.05, 4.69) is 15.6 Å². The Morgan fingerprint density at radius 1 is 1.16 bits per heavy atom. The van der Waals surface area contributed by atoms with Crippen LogP contribution in [0.3, 0.4) is 0 Å². The molecule has 1 rings (SSSR count). The Morgan fingerprint density at radius 3 is 2.32 bits per heavy atom. The molecule has 0 unspecified atom stereocenters. The molecule has 0 radical (unpaired) electrons. The highest BCUT2D eigenvalue weighted by atomic mass is 16.4. The molecule has 1 aliphatic heterocycles. The minimum atomic E-state index is -1.17. The number of nitrogens with zero attached hydrogens (tertiary/aromatic N) is 2. The van der Waals surface area contributed by atoms with Gasteiger partial charge in [-0.25, -0.2) is 4.79 Å². The second-order valence-electron chi connectivity index (χ2n) is 8.06. The zero-order valence-electron chi connectivity index (χ0n) is 18.3. The lowest BCUT2D eigenvalue weighted by atomic mass is 10.0. The Balaban J connectivity index is 2.93. The molecule has 0 spiro atoms. The molecule has 0 saturated carbocycles. The number of nitrogens with two attached hydrogens (primary N) is 3. The number of rotatable bonds is 11. The van der Waals surface area contributed by atoms with E-state index in [0.717, 1.165) is 0 Å². The average molecular weight is 442 g/mol. The lowest BCUT2D eigenvalue weighted by molar-refractivity contribution is -0.144. The molecule has 0 aromatic carbocycles. The molecule has 4 atom stereocenters. The van der Waals surface area contributed by atoms with E-state index in [-0.39, 0.29) is 30.8 Å². The molecule has 0 aliphatic carbocycles.